The van der Waals surface area contributed by atoms with Gasteiger partial charge in [-0.05, 0) is 80.8 Å². The van der Waals surface area contributed by atoms with E-state index < -0.39 is 11.8 Å². The van der Waals surface area contributed by atoms with E-state index in [2.05, 4.69) is 21.2 Å². The van der Waals surface area contributed by atoms with Gasteiger partial charge in [-0.3, -0.25) is 14.4 Å². The molecule has 0 atom stereocenters. The smallest absolute Gasteiger partial charge is 0.329 e. The molecule has 3 rings (SSSR count). The average molecular weight is 581 g/mol. The monoisotopic (exact) mass is 580 g/mol. The van der Waals surface area contributed by atoms with Crippen LogP contribution in [0.25, 0.3) is 0 Å². The second-order valence-electron chi connectivity index (χ2n) is 8.94. The van der Waals surface area contributed by atoms with Crippen LogP contribution in [0.3, 0.4) is 0 Å². The fourth-order valence-corrected chi connectivity index (χ4v) is 3.88. The zero-order valence-corrected chi connectivity index (χ0v) is 24.1. The minimum absolute atomic E-state index is 0.173. The van der Waals surface area contributed by atoms with Gasteiger partial charge in [0, 0.05) is 11.4 Å². The molecule has 0 aliphatic heterocycles. The molecular weight excluding hydrogens is 548 g/mol. The Balaban J connectivity index is 1.58. The summed E-state index contributed by atoms with van der Waals surface area (Å²) in [6.07, 6.45) is 2.18. The molecule has 3 N–H and O–H groups in total. The summed E-state index contributed by atoms with van der Waals surface area (Å²) < 4.78 is 16.8. The SMILES string of the molecule is CCCOc1ccc(NC(=O)C(=O)N/N=C\c2cc(Cl)c(OCC(=O)Nc3ccc(C)cc3C)c(OCC)c2)cc1. The topological polar surface area (TPSA) is 127 Å². The average Bonchev–Trinajstić information content (AvgIpc) is 2.94. The van der Waals surface area contributed by atoms with Gasteiger partial charge in [-0.2, -0.15) is 5.10 Å². The van der Waals surface area contributed by atoms with Gasteiger partial charge < -0.3 is 24.8 Å². The molecule has 3 aromatic rings. The van der Waals surface area contributed by atoms with Crippen molar-refractivity contribution in [2.45, 2.75) is 34.1 Å². The molecule has 0 unspecified atom stereocenters. The zero-order chi connectivity index (χ0) is 29.8. The van der Waals surface area contributed by atoms with Crippen LogP contribution in [0, 0.1) is 13.8 Å². The van der Waals surface area contributed by atoms with E-state index in [0.717, 1.165) is 17.5 Å². The van der Waals surface area contributed by atoms with Crippen LogP contribution in [0.4, 0.5) is 11.4 Å². The van der Waals surface area contributed by atoms with E-state index in [1.807, 2.05) is 39.0 Å². The predicted octanol–water partition coefficient (Wildman–Crippen LogP) is 5.25. The van der Waals surface area contributed by atoms with Gasteiger partial charge in [0.25, 0.3) is 5.91 Å². The molecule has 216 valence electrons. The number of hydrogen-bond donors (Lipinski definition) is 3. The molecule has 0 aliphatic carbocycles. The predicted molar refractivity (Wildman–Crippen MR) is 159 cm³/mol. The number of hydrogen-bond acceptors (Lipinski definition) is 7. The van der Waals surface area contributed by atoms with E-state index >= 15 is 0 Å². The van der Waals surface area contributed by atoms with Crippen LogP contribution >= 0.6 is 11.6 Å². The van der Waals surface area contributed by atoms with E-state index in [1.165, 1.54) is 12.3 Å². The Hall–Kier alpha value is -4.57. The van der Waals surface area contributed by atoms with Crippen LogP contribution in [0.1, 0.15) is 37.0 Å². The van der Waals surface area contributed by atoms with Crippen molar-refractivity contribution in [1.82, 2.24) is 5.43 Å². The summed E-state index contributed by atoms with van der Waals surface area (Å²) in [5.74, 6) is -1.06. The minimum Gasteiger partial charge on any atom is -0.494 e. The van der Waals surface area contributed by atoms with Gasteiger partial charge in [0.2, 0.25) is 0 Å². The Labute approximate surface area is 244 Å². The number of halogens is 1. The molecule has 0 spiro atoms. The number of nitrogens with one attached hydrogen (secondary N) is 3. The van der Waals surface area contributed by atoms with Crippen molar-refractivity contribution < 1.29 is 28.6 Å². The molecule has 3 aromatic carbocycles. The van der Waals surface area contributed by atoms with Gasteiger partial charge in [-0.15, -0.1) is 0 Å². The van der Waals surface area contributed by atoms with E-state index in [4.69, 9.17) is 25.8 Å². The van der Waals surface area contributed by atoms with Crippen LogP contribution < -0.4 is 30.3 Å². The van der Waals surface area contributed by atoms with E-state index in [1.54, 1.807) is 37.3 Å². The lowest BCUT2D eigenvalue weighted by molar-refractivity contribution is -0.136. The summed E-state index contributed by atoms with van der Waals surface area (Å²) in [6, 6.07) is 15.5. The first-order chi connectivity index (χ1) is 19.7. The summed E-state index contributed by atoms with van der Waals surface area (Å²) in [7, 11) is 0. The zero-order valence-electron chi connectivity index (χ0n) is 23.4. The highest BCUT2D eigenvalue weighted by molar-refractivity contribution is 6.39. The first kappa shape index (κ1) is 31.0. The third-order valence-corrected chi connectivity index (χ3v) is 5.79. The first-order valence-corrected chi connectivity index (χ1v) is 13.4. The van der Waals surface area contributed by atoms with Crippen LogP contribution in [-0.2, 0) is 14.4 Å². The van der Waals surface area contributed by atoms with Gasteiger partial charge in [0.05, 0.1) is 24.5 Å². The number of hydrazone groups is 1. The molecule has 0 saturated heterocycles. The van der Waals surface area contributed by atoms with E-state index in [-0.39, 0.29) is 29.0 Å². The van der Waals surface area contributed by atoms with Crippen molar-refractivity contribution in [3.63, 3.8) is 0 Å². The maximum Gasteiger partial charge on any atom is 0.329 e. The van der Waals surface area contributed by atoms with Crippen LogP contribution in [-0.4, -0.2) is 43.8 Å². The highest BCUT2D eigenvalue weighted by Crippen LogP contribution is 2.36. The van der Waals surface area contributed by atoms with E-state index in [9.17, 15) is 14.4 Å². The second kappa shape index (κ2) is 15.3. The summed E-state index contributed by atoms with van der Waals surface area (Å²) in [5, 5.41) is 9.31. The number of carbonyl (C=O) groups is 3. The highest BCUT2D eigenvalue weighted by Gasteiger charge is 2.16. The minimum atomic E-state index is -0.960. The number of carbonyl (C=O) groups excluding carboxylic acids is 3. The maximum atomic E-state index is 12.5. The fraction of sp³-hybridized carbons (Fsp3) is 0.267. The second-order valence-corrected chi connectivity index (χ2v) is 9.35. The van der Waals surface area contributed by atoms with Crippen molar-refractivity contribution in [3.8, 4) is 17.2 Å². The summed E-state index contributed by atoms with van der Waals surface area (Å²) in [6.45, 7) is 8.28. The molecule has 0 bridgehead atoms. The lowest BCUT2D eigenvalue weighted by Crippen LogP contribution is -2.32. The molecular formula is C30H33ClN4O6. The van der Waals surface area contributed by atoms with Crippen LogP contribution in [0.15, 0.2) is 59.7 Å². The van der Waals surface area contributed by atoms with Crippen molar-refractivity contribution in [1.29, 1.82) is 0 Å². The lowest BCUT2D eigenvalue weighted by atomic mass is 10.1. The lowest BCUT2D eigenvalue weighted by Gasteiger charge is -2.15. The Morgan fingerprint density at radius 3 is 2.34 bits per heavy atom. The summed E-state index contributed by atoms with van der Waals surface area (Å²) in [5.41, 5.74) is 5.80. The normalized spacial score (nSPS) is 10.7. The quantitative estimate of drug-likeness (QED) is 0.152. The third-order valence-electron chi connectivity index (χ3n) is 5.51. The van der Waals surface area contributed by atoms with Crippen LogP contribution in [0.5, 0.6) is 17.2 Å². The summed E-state index contributed by atoms with van der Waals surface area (Å²) in [4.78, 5) is 36.9. The van der Waals surface area contributed by atoms with Crippen molar-refractivity contribution in [3.05, 3.63) is 76.3 Å². The molecule has 3 amide bonds. The van der Waals surface area contributed by atoms with Gasteiger partial charge in [0.1, 0.15) is 5.75 Å². The Bertz CT molecular complexity index is 1410. The van der Waals surface area contributed by atoms with Crippen LogP contribution in [0.2, 0.25) is 5.02 Å². The fourth-order valence-electron chi connectivity index (χ4n) is 3.60. The molecule has 0 aromatic heterocycles. The standard InChI is InChI=1S/C30H33ClN4O6/c1-5-13-40-23-10-8-22(9-11-23)33-29(37)30(38)35-32-17-21-15-24(31)28(26(16-21)39-6-2)41-18-27(36)34-25-12-7-19(3)14-20(25)4/h7-12,14-17H,5-6,13,18H2,1-4H3,(H,33,37)(H,34,36)(H,35,38)/b32-17-. The third kappa shape index (κ3) is 9.54. The number of nitrogens with zero attached hydrogens (tertiary/aromatic N) is 1. The Morgan fingerprint density at radius 2 is 1.66 bits per heavy atom. The van der Waals surface area contributed by atoms with E-state index in [0.29, 0.717) is 35.9 Å². The number of anilines is 2. The molecule has 0 fully saturated rings. The molecule has 10 nitrogen and oxygen atoms in total. The van der Waals surface area contributed by atoms with Gasteiger partial charge in [0.15, 0.2) is 18.1 Å². The number of rotatable bonds is 12. The van der Waals surface area contributed by atoms with Gasteiger partial charge in [-0.25, -0.2) is 5.43 Å². The number of aryl methyl sites for hydroxylation is 2. The number of amides is 3. The molecule has 0 aliphatic rings. The Kier molecular flexibility index (Phi) is 11.5. The first-order valence-electron chi connectivity index (χ1n) is 13.0. The van der Waals surface area contributed by atoms with Crippen molar-refractivity contribution in [2.75, 3.05) is 30.5 Å². The number of ether oxygens (including phenoxy) is 3. The summed E-state index contributed by atoms with van der Waals surface area (Å²) >= 11 is 6.42. The molecule has 41 heavy (non-hydrogen) atoms. The van der Waals surface area contributed by atoms with Gasteiger partial charge in [-0.1, -0.05) is 36.2 Å². The Morgan fingerprint density at radius 1 is 0.902 bits per heavy atom. The van der Waals surface area contributed by atoms with Gasteiger partial charge >= 0.3 is 11.8 Å². The van der Waals surface area contributed by atoms with Crippen molar-refractivity contribution >= 4 is 46.9 Å². The molecule has 0 heterocycles. The molecule has 11 heteroatoms. The van der Waals surface area contributed by atoms with Crippen molar-refractivity contribution in [2.24, 2.45) is 5.10 Å². The largest absolute Gasteiger partial charge is 0.494 e. The highest BCUT2D eigenvalue weighted by atomic mass is 35.5. The maximum absolute atomic E-state index is 12.5. The number of benzene rings is 3. The molecule has 0 radical (unpaired) electrons. The molecule has 0 saturated carbocycles.